The van der Waals surface area contributed by atoms with Gasteiger partial charge in [0.15, 0.2) is 5.84 Å². The highest BCUT2D eigenvalue weighted by atomic mass is 35.5. The number of nitrogens with two attached hydrogens (primary N) is 1. The Balaban J connectivity index is 1.89. The lowest BCUT2D eigenvalue weighted by molar-refractivity contribution is 0.0799. The summed E-state index contributed by atoms with van der Waals surface area (Å²) >= 11 is 7.59. The second-order valence-electron chi connectivity index (χ2n) is 5.51. The van der Waals surface area contributed by atoms with E-state index in [1.54, 1.807) is 11.3 Å². The maximum atomic E-state index is 8.86. The van der Waals surface area contributed by atoms with Crippen molar-refractivity contribution in [1.82, 2.24) is 9.80 Å². The standard InChI is InChI=1S/C13H21ClN4OS/c1-13(2,12(15)16-19)18-7-5-17(6-8-18)9-10-3-4-11(14)20-10/h3-4,19H,5-9H2,1-2H3,(H2,15,16). The Morgan fingerprint density at radius 2 is 2.05 bits per heavy atom. The molecule has 1 saturated heterocycles. The van der Waals surface area contributed by atoms with Gasteiger partial charge >= 0.3 is 0 Å². The predicted molar refractivity (Wildman–Crippen MR) is 83.7 cm³/mol. The monoisotopic (exact) mass is 316 g/mol. The Labute approximate surface area is 128 Å². The van der Waals surface area contributed by atoms with Gasteiger partial charge in [-0.3, -0.25) is 9.80 Å². The lowest BCUT2D eigenvalue weighted by Gasteiger charge is -2.43. The van der Waals surface area contributed by atoms with Crippen LogP contribution in [0.15, 0.2) is 17.3 Å². The smallest absolute Gasteiger partial charge is 0.159 e. The molecule has 0 bridgehead atoms. The molecule has 1 aliphatic heterocycles. The fourth-order valence-electron chi connectivity index (χ4n) is 2.41. The normalized spacial score (nSPS) is 19.4. The minimum atomic E-state index is -0.410. The number of amidine groups is 1. The van der Waals surface area contributed by atoms with Crippen LogP contribution in [-0.2, 0) is 6.54 Å². The Morgan fingerprint density at radius 1 is 1.40 bits per heavy atom. The summed E-state index contributed by atoms with van der Waals surface area (Å²) in [6.07, 6.45) is 0. The van der Waals surface area contributed by atoms with Gasteiger partial charge in [0.05, 0.1) is 9.88 Å². The van der Waals surface area contributed by atoms with Gasteiger partial charge in [0.25, 0.3) is 0 Å². The Bertz CT molecular complexity index is 480. The summed E-state index contributed by atoms with van der Waals surface area (Å²) in [5.41, 5.74) is 5.36. The van der Waals surface area contributed by atoms with Gasteiger partial charge in [-0.2, -0.15) is 0 Å². The third-order valence-electron chi connectivity index (χ3n) is 3.91. The quantitative estimate of drug-likeness (QED) is 0.386. The molecule has 0 aliphatic carbocycles. The summed E-state index contributed by atoms with van der Waals surface area (Å²) in [4.78, 5) is 5.94. The van der Waals surface area contributed by atoms with Crippen molar-refractivity contribution >= 4 is 28.8 Å². The molecule has 20 heavy (non-hydrogen) atoms. The number of oxime groups is 1. The van der Waals surface area contributed by atoms with E-state index in [-0.39, 0.29) is 5.84 Å². The van der Waals surface area contributed by atoms with Crippen molar-refractivity contribution in [2.45, 2.75) is 25.9 Å². The van der Waals surface area contributed by atoms with E-state index in [4.69, 9.17) is 22.5 Å². The molecule has 1 fully saturated rings. The molecule has 1 aromatic rings. The van der Waals surface area contributed by atoms with Gasteiger partial charge in [-0.15, -0.1) is 11.3 Å². The first-order chi connectivity index (χ1) is 9.43. The maximum Gasteiger partial charge on any atom is 0.159 e. The van der Waals surface area contributed by atoms with Crippen molar-refractivity contribution in [2.75, 3.05) is 26.2 Å². The molecule has 0 radical (unpaired) electrons. The van der Waals surface area contributed by atoms with E-state index in [1.807, 2.05) is 19.9 Å². The second-order valence-corrected chi connectivity index (χ2v) is 7.31. The zero-order valence-electron chi connectivity index (χ0n) is 11.8. The summed E-state index contributed by atoms with van der Waals surface area (Å²) in [5.74, 6) is 0.260. The first-order valence-electron chi connectivity index (χ1n) is 6.63. The van der Waals surface area contributed by atoms with E-state index >= 15 is 0 Å². The molecular weight excluding hydrogens is 296 g/mol. The van der Waals surface area contributed by atoms with Crippen LogP contribution in [0.4, 0.5) is 0 Å². The van der Waals surface area contributed by atoms with Gasteiger partial charge in [-0.05, 0) is 26.0 Å². The highest BCUT2D eigenvalue weighted by Crippen LogP contribution is 2.24. The fourth-order valence-corrected chi connectivity index (χ4v) is 3.54. The molecule has 112 valence electrons. The van der Waals surface area contributed by atoms with E-state index in [0.29, 0.717) is 0 Å². The molecule has 5 nitrogen and oxygen atoms in total. The molecule has 7 heteroatoms. The number of rotatable bonds is 4. The zero-order chi connectivity index (χ0) is 14.8. The van der Waals surface area contributed by atoms with Crippen LogP contribution in [0, 0.1) is 0 Å². The van der Waals surface area contributed by atoms with Gasteiger partial charge in [-0.1, -0.05) is 16.8 Å². The number of thiophene rings is 1. The van der Waals surface area contributed by atoms with E-state index in [2.05, 4.69) is 21.0 Å². The van der Waals surface area contributed by atoms with Crippen LogP contribution in [0.5, 0.6) is 0 Å². The van der Waals surface area contributed by atoms with Crippen molar-refractivity contribution in [3.05, 3.63) is 21.3 Å². The summed E-state index contributed by atoms with van der Waals surface area (Å²) in [6.45, 7) is 8.66. The molecule has 3 N–H and O–H groups in total. The maximum absolute atomic E-state index is 8.86. The van der Waals surface area contributed by atoms with Gasteiger partial charge in [0, 0.05) is 37.6 Å². The van der Waals surface area contributed by atoms with Crippen LogP contribution >= 0.6 is 22.9 Å². The Morgan fingerprint density at radius 3 is 2.55 bits per heavy atom. The number of hydrogen-bond donors (Lipinski definition) is 2. The average Bonchev–Trinajstić information content (AvgIpc) is 2.83. The fraction of sp³-hybridized carbons (Fsp3) is 0.615. The SMILES string of the molecule is CC(C)(C(N)=NO)N1CCN(Cc2ccc(Cl)s2)CC1. The van der Waals surface area contributed by atoms with Crippen LogP contribution in [-0.4, -0.2) is 52.6 Å². The minimum Gasteiger partial charge on any atom is -0.409 e. The van der Waals surface area contributed by atoms with Gasteiger partial charge < -0.3 is 10.9 Å². The molecule has 2 heterocycles. The van der Waals surface area contributed by atoms with Gasteiger partial charge in [-0.25, -0.2) is 0 Å². The van der Waals surface area contributed by atoms with Crippen molar-refractivity contribution in [1.29, 1.82) is 0 Å². The van der Waals surface area contributed by atoms with Gasteiger partial charge in [0.2, 0.25) is 0 Å². The molecule has 1 aliphatic rings. The second kappa shape index (κ2) is 6.30. The first kappa shape index (κ1) is 15.6. The molecule has 0 unspecified atom stereocenters. The summed E-state index contributed by atoms with van der Waals surface area (Å²) in [7, 11) is 0. The third kappa shape index (κ3) is 3.44. The lowest BCUT2D eigenvalue weighted by Crippen LogP contribution is -2.59. The largest absolute Gasteiger partial charge is 0.409 e. The summed E-state index contributed by atoms with van der Waals surface area (Å²) < 4.78 is 0.840. The average molecular weight is 317 g/mol. The van der Waals surface area contributed by atoms with Crippen LogP contribution in [0.2, 0.25) is 4.34 Å². The summed E-state index contributed by atoms with van der Waals surface area (Å²) in [5, 5.41) is 12.0. The molecule has 0 aromatic carbocycles. The number of hydrogen-bond acceptors (Lipinski definition) is 5. The van der Waals surface area contributed by atoms with Gasteiger partial charge in [0.1, 0.15) is 0 Å². The van der Waals surface area contributed by atoms with Crippen molar-refractivity contribution in [2.24, 2.45) is 10.9 Å². The first-order valence-corrected chi connectivity index (χ1v) is 7.82. The van der Waals surface area contributed by atoms with Crippen molar-refractivity contribution < 1.29 is 5.21 Å². The van der Waals surface area contributed by atoms with E-state index in [9.17, 15) is 0 Å². The van der Waals surface area contributed by atoms with E-state index in [1.165, 1.54) is 4.88 Å². The van der Waals surface area contributed by atoms with Crippen LogP contribution in [0.1, 0.15) is 18.7 Å². The Hall–Kier alpha value is -0.820. The van der Waals surface area contributed by atoms with Crippen LogP contribution in [0.3, 0.4) is 0 Å². The molecule has 1 aromatic heterocycles. The lowest BCUT2D eigenvalue weighted by atomic mass is 10.0. The molecule has 0 saturated carbocycles. The molecule has 0 spiro atoms. The minimum absolute atomic E-state index is 0.260. The molecule has 0 amide bonds. The number of nitrogens with zero attached hydrogens (tertiary/aromatic N) is 3. The number of halogens is 1. The van der Waals surface area contributed by atoms with Crippen LogP contribution < -0.4 is 5.73 Å². The Kier molecular flexibility index (Phi) is 4.90. The topological polar surface area (TPSA) is 65.1 Å². The molecule has 2 rings (SSSR count). The van der Waals surface area contributed by atoms with Crippen LogP contribution in [0.25, 0.3) is 0 Å². The predicted octanol–water partition coefficient (Wildman–Crippen LogP) is 2.04. The van der Waals surface area contributed by atoms with Crippen molar-refractivity contribution in [3.63, 3.8) is 0 Å². The highest BCUT2D eigenvalue weighted by molar-refractivity contribution is 7.16. The summed E-state index contributed by atoms with van der Waals surface area (Å²) in [6, 6.07) is 4.03. The van der Waals surface area contributed by atoms with E-state index < -0.39 is 5.54 Å². The van der Waals surface area contributed by atoms with E-state index in [0.717, 1.165) is 37.1 Å². The van der Waals surface area contributed by atoms with Crippen molar-refractivity contribution in [3.8, 4) is 0 Å². The molecular formula is C13H21ClN4OS. The highest BCUT2D eigenvalue weighted by Gasteiger charge is 2.33. The third-order valence-corrected chi connectivity index (χ3v) is 5.12. The molecule has 0 atom stereocenters. The number of piperazine rings is 1. The zero-order valence-corrected chi connectivity index (χ0v) is 13.4.